The van der Waals surface area contributed by atoms with Crippen LogP contribution in [0.15, 0.2) is 0 Å². The molecule has 0 atom stereocenters. The Morgan fingerprint density at radius 1 is 1.38 bits per heavy atom. The lowest BCUT2D eigenvalue weighted by Gasteiger charge is -2.06. The molecule has 0 fully saturated rings. The first-order valence-corrected chi connectivity index (χ1v) is 3.95. The minimum absolute atomic E-state index is 0.407. The monoisotopic (exact) mass is 216 g/mol. The van der Waals surface area contributed by atoms with Gasteiger partial charge in [-0.3, -0.25) is 0 Å². The molecular weight excluding hydrogens is 217 g/mol. The topological polar surface area (TPSA) is 0 Å². The average molecular weight is 218 g/mol. The summed E-state index contributed by atoms with van der Waals surface area (Å²) in [4.78, 5) is 0. The molecule has 0 heterocycles. The van der Waals surface area contributed by atoms with Crippen LogP contribution in [0, 0.1) is 0 Å². The number of thioether (sulfide) groups is 1. The summed E-state index contributed by atoms with van der Waals surface area (Å²) in [6.45, 7) is 0. The van der Waals surface area contributed by atoms with E-state index in [0.29, 0.717) is 11.8 Å². The van der Waals surface area contributed by atoms with E-state index >= 15 is 0 Å². The van der Waals surface area contributed by atoms with Crippen LogP contribution in [0.3, 0.4) is 0 Å². The number of halogens is 5. The lowest BCUT2D eigenvalue weighted by atomic mass is 11.7. The smallest absolute Gasteiger partial charge is 0.195 e. The van der Waals surface area contributed by atoms with Gasteiger partial charge in [-0.15, -0.1) is 0 Å². The molecule has 0 aromatic heterocycles. The summed E-state index contributed by atoms with van der Waals surface area (Å²) < 4.78 is 8.65. The molecule has 0 unspecified atom stereocenters. The molecule has 0 aliphatic heterocycles. The van der Waals surface area contributed by atoms with Crippen molar-refractivity contribution < 1.29 is 4.39 Å². The normalized spacial score (nSPS) is 12.8. The minimum atomic E-state index is -2.38. The highest BCUT2D eigenvalue weighted by Crippen LogP contribution is 2.41. The third-order valence-corrected chi connectivity index (χ3v) is 1.74. The van der Waals surface area contributed by atoms with Crippen molar-refractivity contribution in [1.29, 1.82) is 0 Å². The molecule has 8 heavy (non-hydrogen) atoms. The molecule has 0 amide bonds. The largest absolute Gasteiger partial charge is 0.307 e. The predicted molar refractivity (Wildman–Crippen MR) is 38.6 cm³/mol. The molecule has 0 aliphatic rings. The Labute approximate surface area is 70.6 Å². The minimum Gasteiger partial charge on any atom is -0.195 e. The second kappa shape index (κ2) is 3.57. The number of alkyl halides is 5. The number of rotatable bonds is 2. The standard InChI is InChI=1S/C2HCl4FS/c3-1(4)8-2(5,6)7/h1H. The SMILES string of the molecule is FC(Cl)(Cl)SC(Cl)Cl. The van der Waals surface area contributed by atoms with Crippen LogP contribution in [0.4, 0.5) is 4.39 Å². The van der Waals surface area contributed by atoms with Crippen LogP contribution in [0.1, 0.15) is 0 Å². The summed E-state index contributed by atoms with van der Waals surface area (Å²) in [7, 11) is 0. The third-order valence-electron chi connectivity index (χ3n) is 0.223. The Morgan fingerprint density at radius 3 is 1.75 bits per heavy atom. The molecule has 0 saturated carbocycles. The highest BCUT2D eigenvalue weighted by atomic mass is 35.5. The summed E-state index contributed by atoms with van der Waals surface area (Å²) >= 11 is 20.2. The fraction of sp³-hybridized carbons (Fsp3) is 1.00. The van der Waals surface area contributed by atoms with Gasteiger partial charge in [0.2, 0.25) is 0 Å². The van der Waals surface area contributed by atoms with Crippen molar-refractivity contribution in [2.75, 3.05) is 0 Å². The summed E-state index contributed by atoms with van der Waals surface area (Å²) in [6.07, 6.45) is 0. The van der Waals surface area contributed by atoms with E-state index in [1.165, 1.54) is 0 Å². The van der Waals surface area contributed by atoms with Crippen molar-refractivity contribution in [3.8, 4) is 0 Å². The first kappa shape index (κ1) is 9.44. The maximum Gasteiger partial charge on any atom is 0.307 e. The third kappa shape index (κ3) is 7.44. The highest BCUT2D eigenvalue weighted by Gasteiger charge is 2.25. The van der Waals surface area contributed by atoms with Crippen molar-refractivity contribution in [2.24, 2.45) is 0 Å². The Morgan fingerprint density at radius 2 is 1.75 bits per heavy atom. The van der Waals surface area contributed by atoms with Gasteiger partial charge in [0, 0.05) is 0 Å². The van der Waals surface area contributed by atoms with Crippen LogP contribution in [0.5, 0.6) is 0 Å². The van der Waals surface area contributed by atoms with E-state index in [4.69, 9.17) is 46.4 Å². The van der Waals surface area contributed by atoms with E-state index in [2.05, 4.69) is 0 Å². The molecule has 0 rings (SSSR count). The van der Waals surface area contributed by atoms with Crippen molar-refractivity contribution in [3.63, 3.8) is 0 Å². The van der Waals surface area contributed by atoms with Crippen LogP contribution >= 0.6 is 58.2 Å². The molecule has 0 N–H and O–H groups in total. The van der Waals surface area contributed by atoms with E-state index in [1.807, 2.05) is 0 Å². The van der Waals surface area contributed by atoms with Crippen LogP contribution in [0.25, 0.3) is 0 Å². The van der Waals surface area contributed by atoms with Crippen LogP contribution in [0.2, 0.25) is 0 Å². The number of hydrogen-bond acceptors (Lipinski definition) is 1. The van der Waals surface area contributed by atoms with Gasteiger partial charge in [0.25, 0.3) is 0 Å². The molecule has 0 radical (unpaired) electrons. The van der Waals surface area contributed by atoms with Gasteiger partial charge in [-0.05, 0) is 0 Å². The van der Waals surface area contributed by atoms with Gasteiger partial charge in [-0.1, -0.05) is 58.2 Å². The second-order valence-electron chi connectivity index (χ2n) is 0.824. The number of hydrogen-bond donors (Lipinski definition) is 0. The average Bonchev–Trinajstić information content (AvgIpc) is 1.21. The molecule has 0 aromatic carbocycles. The molecule has 6 heteroatoms. The zero-order valence-electron chi connectivity index (χ0n) is 3.38. The fourth-order valence-electron chi connectivity index (χ4n) is 0.101. The van der Waals surface area contributed by atoms with Crippen molar-refractivity contribution in [3.05, 3.63) is 0 Å². The first-order valence-electron chi connectivity index (χ1n) is 1.44. The summed E-state index contributed by atoms with van der Waals surface area (Å²) in [5.74, 6) is 0. The van der Waals surface area contributed by atoms with E-state index in [0.717, 1.165) is 0 Å². The lowest BCUT2D eigenvalue weighted by molar-refractivity contribution is 0.516. The zero-order chi connectivity index (χ0) is 6.78. The molecule has 50 valence electrons. The Hall–Kier alpha value is 1.44. The second-order valence-corrected chi connectivity index (χ2v) is 5.39. The maximum absolute atomic E-state index is 12.0. The van der Waals surface area contributed by atoms with Gasteiger partial charge < -0.3 is 0 Å². The fourth-order valence-corrected chi connectivity index (χ4v) is 2.12. The molecule has 0 bridgehead atoms. The lowest BCUT2D eigenvalue weighted by Crippen LogP contribution is -1.98. The molecule has 0 spiro atoms. The van der Waals surface area contributed by atoms with Crippen molar-refractivity contribution >= 4 is 58.2 Å². The zero-order valence-corrected chi connectivity index (χ0v) is 7.22. The first-order chi connectivity index (χ1) is 3.42. The molecule has 0 saturated heterocycles. The van der Waals surface area contributed by atoms with Gasteiger partial charge in [0.1, 0.15) is 0 Å². The summed E-state index contributed by atoms with van der Waals surface area (Å²) in [5.41, 5.74) is 0. The van der Waals surface area contributed by atoms with E-state index in [-0.39, 0.29) is 0 Å². The van der Waals surface area contributed by atoms with E-state index < -0.39 is 8.09 Å². The molecule has 0 nitrogen and oxygen atoms in total. The molecule has 0 aliphatic carbocycles. The van der Waals surface area contributed by atoms with Gasteiger partial charge in [-0.25, -0.2) is 0 Å². The predicted octanol–water partition coefficient (Wildman–Crippen LogP) is 3.54. The van der Waals surface area contributed by atoms with Gasteiger partial charge >= 0.3 is 3.92 Å². The molecule has 0 aromatic rings. The summed E-state index contributed by atoms with van der Waals surface area (Å²) in [6, 6.07) is 0. The maximum atomic E-state index is 12.0. The van der Waals surface area contributed by atoms with E-state index in [9.17, 15) is 4.39 Å². The van der Waals surface area contributed by atoms with Crippen molar-refractivity contribution in [1.82, 2.24) is 0 Å². The van der Waals surface area contributed by atoms with Gasteiger partial charge in [-0.2, -0.15) is 4.39 Å². The van der Waals surface area contributed by atoms with Crippen LogP contribution in [-0.4, -0.2) is 8.09 Å². The Balaban J connectivity index is 3.39. The summed E-state index contributed by atoms with van der Waals surface area (Å²) in [5, 5.41) is 0. The van der Waals surface area contributed by atoms with Crippen LogP contribution in [-0.2, 0) is 0 Å². The van der Waals surface area contributed by atoms with Gasteiger partial charge in [0.05, 0.1) is 0 Å². The van der Waals surface area contributed by atoms with Crippen molar-refractivity contribution in [2.45, 2.75) is 8.09 Å². The van der Waals surface area contributed by atoms with Crippen LogP contribution < -0.4 is 0 Å². The van der Waals surface area contributed by atoms with E-state index in [1.54, 1.807) is 0 Å². The quantitative estimate of drug-likeness (QED) is 0.638. The Kier molecular flexibility index (Phi) is 4.21. The van der Waals surface area contributed by atoms with Gasteiger partial charge in [0.15, 0.2) is 4.17 Å². The Bertz CT molecular complexity index is 68.9. The highest BCUT2D eigenvalue weighted by molar-refractivity contribution is 8.05. The molecular formula is C2HCl4FS.